The first-order valence-corrected chi connectivity index (χ1v) is 11.3. The van der Waals surface area contributed by atoms with Crippen molar-refractivity contribution in [3.05, 3.63) is 63.0 Å². The molecule has 0 aromatic heterocycles. The largest absolute Gasteiger partial charge is 0.490 e. The molecule has 1 aliphatic heterocycles. The first-order valence-electron chi connectivity index (χ1n) is 9.25. The molecule has 1 aliphatic rings. The Labute approximate surface area is 201 Å². The third-order valence-corrected chi connectivity index (χ3v) is 6.04. The Balaban J connectivity index is 1.79. The summed E-state index contributed by atoms with van der Waals surface area (Å²) in [4.78, 5) is 36.4. The second kappa shape index (κ2) is 10.6. The number of carboxylic acids is 1. The van der Waals surface area contributed by atoms with Crippen molar-refractivity contribution in [2.24, 2.45) is 0 Å². The zero-order valence-corrected chi connectivity index (χ0v) is 19.9. The predicted octanol–water partition coefficient (Wildman–Crippen LogP) is 3.86. The van der Waals surface area contributed by atoms with Crippen molar-refractivity contribution < 1.29 is 29.0 Å². The van der Waals surface area contributed by atoms with E-state index in [0.717, 1.165) is 16.8 Å². The molecule has 2 amide bonds. The number of nitrogens with zero attached hydrogens (tertiary/aromatic N) is 1. The molecule has 8 nitrogen and oxygen atoms in total. The van der Waals surface area contributed by atoms with Gasteiger partial charge in [0, 0.05) is 4.47 Å². The molecule has 1 saturated heterocycles. The quantitative estimate of drug-likeness (QED) is 0.387. The highest BCUT2D eigenvalue weighted by molar-refractivity contribution is 9.10. The third-order valence-electron chi connectivity index (χ3n) is 4.04. The van der Waals surface area contributed by atoms with E-state index in [1.54, 1.807) is 55.5 Å². The molecule has 0 spiro atoms. The van der Waals surface area contributed by atoms with Crippen molar-refractivity contribution in [3.8, 4) is 11.5 Å². The maximum Gasteiger partial charge on any atom is 0.341 e. The molecule has 1 fully saturated rings. The molecule has 3 rings (SSSR count). The van der Waals surface area contributed by atoms with E-state index in [4.69, 9.17) is 26.8 Å². The van der Waals surface area contributed by atoms with Crippen LogP contribution >= 0.6 is 39.9 Å². The molecule has 0 bridgehead atoms. The van der Waals surface area contributed by atoms with Gasteiger partial charge in [0.1, 0.15) is 0 Å². The van der Waals surface area contributed by atoms with Crippen LogP contribution in [-0.2, 0) is 9.59 Å². The van der Waals surface area contributed by atoms with Crippen molar-refractivity contribution in [3.63, 3.8) is 0 Å². The van der Waals surface area contributed by atoms with E-state index < -0.39 is 24.4 Å². The van der Waals surface area contributed by atoms with Gasteiger partial charge in [-0.1, -0.05) is 30.0 Å². The van der Waals surface area contributed by atoms with Gasteiger partial charge in [-0.25, -0.2) is 4.79 Å². The minimum atomic E-state index is -1.11. The maximum absolute atomic E-state index is 12.8. The van der Waals surface area contributed by atoms with Gasteiger partial charge >= 0.3 is 5.97 Å². The van der Waals surface area contributed by atoms with E-state index in [9.17, 15) is 14.4 Å². The summed E-state index contributed by atoms with van der Waals surface area (Å²) in [5.74, 6) is -1.43. The van der Waals surface area contributed by atoms with Gasteiger partial charge in [0.05, 0.1) is 17.1 Å². The topological polar surface area (TPSA) is 105 Å². The van der Waals surface area contributed by atoms with Crippen molar-refractivity contribution in [1.29, 1.82) is 0 Å². The molecule has 11 heteroatoms. The van der Waals surface area contributed by atoms with Gasteiger partial charge in [0.15, 0.2) is 22.4 Å². The summed E-state index contributed by atoms with van der Waals surface area (Å²) in [5, 5.41) is 9.83. The fourth-order valence-corrected chi connectivity index (χ4v) is 4.31. The van der Waals surface area contributed by atoms with Crippen molar-refractivity contribution in [1.82, 2.24) is 10.4 Å². The van der Waals surface area contributed by atoms with Crippen molar-refractivity contribution in [2.45, 2.75) is 6.92 Å². The van der Waals surface area contributed by atoms with Gasteiger partial charge in [-0.2, -0.15) is 5.01 Å². The van der Waals surface area contributed by atoms with E-state index in [1.165, 1.54) is 0 Å². The van der Waals surface area contributed by atoms with Crippen LogP contribution in [0.25, 0.3) is 6.08 Å². The number of carbonyl (C=O) groups excluding carboxylic acids is 2. The number of aliphatic carboxylic acids is 1. The molecule has 32 heavy (non-hydrogen) atoms. The summed E-state index contributed by atoms with van der Waals surface area (Å²) in [6.07, 6.45) is 1.60. The second-order valence-corrected chi connectivity index (χ2v) is 8.79. The molecule has 0 aliphatic carbocycles. The summed E-state index contributed by atoms with van der Waals surface area (Å²) in [6.45, 7) is 1.62. The molecular formula is C21H17BrN2O6S2. The Morgan fingerprint density at radius 2 is 1.97 bits per heavy atom. The lowest BCUT2D eigenvalue weighted by molar-refractivity contribution is -0.139. The summed E-state index contributed by atoms with van der Waals surface area (Å²) in [6, 6.07) is 11.7. The van der Waals surface area contributed by atoms with Gasteiger partial charge in [-0.15, -0.1) is 0 Å². The highest BCUT2D eigenvalue weighted by atomic mass is 79.9. The van der Waals surface area contributed by atoms with Crippen LogP contribution in [0.1, 0.15) is 22.8 Å². The molecule has 2 N–H and O–H groups in total. The Bertz CT molecular complexity index is 1120. The van der Waals surface area contributed by atoms with Crippen LogP contribution in [0.5, 0.6) is 11.5 Å². The number of halogens is 1. The van der Waals surface area contributed by atoms with Gasteiger partial charge < -0.3 is 14.6 Å². The minimum Gasteiger partial charge on any atom is -0.490 e. The standard InChI is InChI=1S/C21H17BrN2O6S2/c1-2-29-16-9-12(7-8-15(16)30-11-18(25)26)10-17-20(28)24(21(31)32-17)23-19(27)13-5-3-4-6-14(13)22/h3-10H,2,11H2,1H3,(H,23,27)(H,25,26)/b17-10+. The number of hydrogen-bond donors (Lipinski definition) is 2. The molecule has 2 aromatic carbocycles. The SMILES string of the molecule is CCOc1cc(/C=C2/SC(=S)N(NC(=O)c3ccccc3Br)C2=O)ccc1OCC(=O)O. The lowest BCUT2D eigenvalue weighted by Crippen LogP contribution is -2.44. The normalized spacial score (nSPS) is 14.6. The monoisotopic (exact) mass is 536 g/mol. The van der Waals surface area contributed by atoms with Gasteiger partial charge in [0.25, 0.3) is 11.8 Å². The Morgan fingerprint density at radius 3 is 2.66 bits per heavy atom. The zero-order valence-electron chi connectivity index (χ0n) is 16.7. The van der Waals surface area contributed by atoms with Crippen molar-refractivity contribution in [2.75, 3.05) is 13.2 Å². The first-order chi connectivity index (χ1) is 15.3. The van der Waals surface area contributed by atoms with Gasteiger partial charge in [-0.05, 0) is 71.0 Å². The fourth-order valence-electron chi connectivity index (χ4n) is 2.66. The molecular weight excluding hydrogens is 520 g/mol. The smallest absolute Gasteiger partial charge is 0.341 e. The van der Waals surface area contributed by atoms with Crippen LogP contribution in [0.4, 0.5) is 0 Å². The minimum absolute atomic E-state index is 0.188. The summed E-state index contributed by atoms with van der Waals surface area (Å²) >= 11 is 9.62. The number of amides is 2. The number of carbonyl (C=O) groups is 3. The molecule has 0 radical (unpaired) electrons. The van der Waals surface area contributed by atoms with Crippen molar-refractivity contribution >= 4 is 68.1 Å². The molecule has 0 unspecified atom stereocenters. The van der Waals surface area contributed by atoms with Crippen LogP contribution in [0.3, 0.4) is 0 Å². The second-order valence-electron chi connectivity index (χ2n) is 6.26. The van der Waals surface area contributed by atoms with E-state index >= 15 is 0 Å². The number of hydrogen-bond acceptors (Lipinski definition) is 7. The molecule has 2 aromatic rings. The number of hydrazine groups is 1. The zero-order chi connectivity index (χ0) is 23.3. The summed E-state index contributed by atoms with van der Waals surface area (Å²) in [7, 11) is 0. The summed E-state index contributed by atoms with van der Waals surface area (Å²) < 4.78 is 11.5. The number of ether oxygens (including phenoxy) is 2. The van der Waals surface area contributed by atoms with E-state index in [0.29, 0.717) is 32.9 Å². The fraction of sp³-hybridized carbons (Fsp3) is 0.143. The number of benzene rings is 2. The number of nitrogens with one attached hydrogen (secondary N) is 1. The summed E-state index contributed by atoms with van der Waals surface area (Å²) in [5.41, 5.74) is 3.51. The lowest BCUT2D eigenvalue weighted by atomic mass is 10.2. The number of thioether (sulfide) groups is 1. The Morgan fingerprint density at radius 1 is 1.22 bits per heavy atom. The van der Waals surface area contributed by atoms with E-state index in [1.807, 2.05) is 0 Å². The molecule has 166 valence electrons. The Kier molecular flexibility index (Phi) is 7.89. The molecule has 0 atom stereocenters. The Hall–Kier alpha value is -2.89. The van der Waals surface area contributed by atoms with Crippen LogP contribution in [0.15, 0.2) is 51.8 Å². The molecule has 0 saturated carbocycles. The maximum atomic E-state index is 12.8. The number of carboxylic acid groups (broad SMARTS) is 1. The molecule has 1 heterocycles. The third kappa shape index (κ3) is 5.67. The number of rotatable bonds is 8. The van der Waals surface area contributed by atoms with E-state index in [2.05, 4.69) is 21.4 Å². The lowest BCUT2D eigenvalue weighted by Gasteiger charge is -2.16. The van der Waals surface area contributed by atoms with Crippen LogP contribution in [-0.4, -0.2) is 45.4 Å². The average Bonchev–Trinajstić information content (AvgIpc) is 3.01. The predicted molar refractivity (Wildman–Crippen MR) is 127 cm³/mol. The van der Waals surface area contributed by atoms with Crippen LogP contribution in [0.2, 0.25) is 0 Å². The number of thiocarbonyl (C=S) groups is 1. The average molecular weight is 537 g/mol. The van der Waals surface area contributed by atoms with Crippen LogP contribution < -0.4 is 14.9 Å². The van der Waals surface area contributed by atoms with Crippen LogP contribution in [0, 0.1) is 0 Å². The highest BCUT2D eigenvalue weighted by Crippen LogP contribution is 2.34. The van der Waals surface area contributed by atoms with Gasteiger partial charge in [0.2, 0.25) is 0 Å². The van der Waals surface area contributed by atoms with Gasteiger partial charge in [-0.3, -0.25) is 15.0 Å². The highest BCUT2D eigenvalue weighted by Gasteiger charge is 2.34. The van der Waals surface area contributed by atoms with E-state index in [-0.39, 0.29) is 10.1 Å². The first kappa shape index (κ1) is 23.8.